The van der Waals surface area contributed by atoms with Crippen molar-refractivity contribution >= 4 is 17.5 Å². The van der Waals surface area contributed by atoms with E-state index in [1.807, 2.05) is 36.1 Å². The lowest BCUT2D eigenvalue weighted by Crippen LogP contribution is -2.32. The van der Waals surface area contributed by atoms with Gasteiger partial charge in [-0.15, -0.1) is 11.6 Å². The largest absolute Gasteiger partial charge is 0.339 e. The molecular formula is C16H24ClNO. The van der Waals surface area contributed by atoms with Crippen LogP contribution in [0.1, 0.15) is 50.0 Å². The number of hydrogen-bond donors (Lipinski definition) is 0. The number of alkyl halides is 1. The molecule has 0 saturated heterocycles. The van der Waals surface area contributed by atoms with Crippen LogP contribution in [0.25, 0.3) is 0 Å². The van der Waals surface area contributed by atoms with Crippen LogP contribution in [0.4, 0.5) is 0 Å². The highest BCUT2D eigenvalue weighted by atomic mass is 35.5. The van der Waals surface area contributed by atoms with Gasteiger partial charge in [-0.3, -0.25) is 4.79 Å². The first-order valence-corrected chi connectivity index (χ1v) is 7.39. The molecule has 0 bridgehead atoms. The Kier molecular flexibility index (Phi) is 5.86. The first-order valence-electron chi connectivity index (χ1n) is 6.86. The first-order chi connectivity index (χ1) is 8.90. The van der Waals surface area contributed by atoms with Gasteiger partial charge in [0.15, 0.2) is 0 Å². The van der Waals surface area contributed by atoms with E-state index in [0.29, 0.717) is 5.88 Å². The molecule has 0 aliphatic rings. The zero-order chi connectivity index (χ0) is 14.5. The predicted molar refractivity (Wildman–Crippen MR) is 82.1 cm³/mol. The van der Waals surface area contributed by atoms with Gasteiger partial charge in [-0.25, -0.2) is 0 Å². The number of nitrogens with zero attached hydrogens (tertiary/aromatic N) is 1. The molecule has 2 nitrogen and oxygen atoms in total. The highest BCUT2D eigenvalue weighted by Gasteiger charge is 2.16. The fraction of sp³-hybridized carbons (Fsp3) is 0.562. The van der Waals surface area contributed by atoms with Crippen LogP contribution >= 0.6 is 11.6 Å². The van der Waals surface area contributed by atoms with Gasteiger partial charge in [-0.05, 0) is 36.5 Å². The van der Waals surface area contributed by atoms with Gasteiger partial charge in [-0.1, -0.05) is 32.9 Å². The summed E-state index contributed by atoms with van der Waals surface area (Å²) in [6.07, 6.45) is 0.835. The second-order valence-corrected chi connectivity index (χ2v) is 6.13. The van der Waals surface area contributed by atoms with Crippen molar-refractivity contribution in [2.24, 2.45) is 0 Å². The normalized spacial score (nSPS) is 11.4. The van der Waals surface area contributed by atoms with E-state index in [2.05, 4.69) is 20.8 Å². The van der Waals surface area contributed by atoms with Gasteiger partial charge in [-0.2, -0.15) is 0 Å². The van der Waals surface area contributed by atoms with Gasteiger partial charge in [0.05, 0.1) is 0 Å². The number of rotatable bonds is 5. The summed E-state index contributed by atoms with van der Waals surface area (Å²) in [5.41, 5.74) is 2.11. The average Bonchev–Trinajstić information content (AvgIpc) is 2.38. The van der Waals surface area contributed by atoms with Gasteiger partial charge in [0.2, 0.25) is 0 Å². The topological polar surface area (TPSA) is 20.3 Å². The molecular weight excluding hydrogens is 258 g/mol. The first kappa shape index (κ1) is 16.0. The molecule has 0 fully saturated rings. The van der Waals surface area contributed by atoms with Crippen molar-refractivity contribution < 1.29 is 4.79 Å². The van der Waals surface area contributed by atoms with Crippen molar-refractivity contribution in [2.45, 2.75) is 39.5 Å². The molecule has 1 rings (SSSR count). The number of hydrogen-bond acceptors (Lipinski definition) is 1. The Balaban J connectivity index is 2.82. The van der Waals surface area contributed by atoms with E-state index < -0.39 is 0 Å². The molecule has 19 heavy (non-hydrogen) atoms. The summed E-state index contributed by atoms with van der Waals surface area (Å²) < 4.78 is 0. The van der Waals surface area contributed by atoms with Crippen LogP contribution in [0.15, 0.2) is 24.3 Å². The zero-order valence-corrected chi connectivity index (χ0v) is 13.1. The number of benzene rings is 1. The molecule has 0 N–H and O–H groups in total. The van der Waals surface area contributed by atoms with Gasteiger partial charge >= 0.3 is 0 Å². The summed E-state index contributed by atoms with van der Waals surface area (Å²) >= 11 is 5.69. The summed E-state index contributed by atoms with van der Waals surface area (Å²) in [4.78, 5) is 14.2. The van der Waals surface area contributed by atoms with Crippen LogP contribution in [-0.2, 0) is 5.41 Å². The van der Waals surface area contributed by atoms with Crippen molar-refractivity contribution in [3.05, 3.63) is 35.4 Å². The Hall–Kier alpha value is -1.02. The van der Waals surface area contributed by atoms with Crippen LogP contribution in [0, 0.1) is 0 Å². The molecule has 1 aromatic rings. The summed E-state index contributed by atoms with van der Waals surface area (Å²) in [6, 6.07) is 7.93. The number of amides is 1. The Labute approximate surface area is 121 Å². The minimum atomic E-state index is 0.0908. The molecule has 0 aliphatic heterocycles. The maximum atomic E-state index is 12.3. The quantitative estimate of drug-likeness (QED) is 0.745. The van der Waals surface area contributed by atoms with Crippen LogP contribution in [0.3, 0.4) is 0 Å². The van der Waals surface area contributed by atoms with Crippen molar-refractivity contribution in [3.63, 3.8) is 0 Å². The van der Waals surface area contributed by atoms with Gasteiger partial charge < -0.3 is 4.90 Å². The SMILES string of the molecule is CCN(CCCCl)C(=O)c1ccc(C(C)(C)C)cc1. The van der Waals surface area contributed by atoms with Crippen LogP contribution in [0.5, 0.6) is 0 Å². The molecule has 0 saturated carbocycles. The Morgan fingerprint density at radius 1 is 1.21 bits per heavy atom. The number of carbonyl (C=O) groups is 1. The predicted octanol–water partition coefficient (Wildman–Crippen LogP) is 4.08. The van der Waals surface area contributed by atoms with Gasteiger partial charge in [0.1, 0.15) is 0 Å². The fourth-order valence-electron chi connectivity index (χ4n) is 1.95. The van der Waals surface area contributed by atoms with E-state index in [1.165, 1.54) is 5.56 Å². The van der Waals surface area contributed by atoms with E-state index in [1.54, 1.807) is 0 Å². The Morgan fingerprint density at radius 2 is 1.79 bits per heavy atom. The molecule has 0 unspecified atom stereocenters. The number of carbonyl (C=O) groups excluding carboxylic acids is 1. The molecule has 0 aliphatic carbocycles. The monoisotopic (exact) mass is 281 g/mol. The van der Waals surface area contributed by atoms with E-state index in [-0.39, 0.29) is 11.3 Å². The second kappa shape index (κ2) is 6.95. The Morgan fingerprint density at radius 3 is 2.21 bits per heavy atom. The van der Waals surface area contributed by atoms with Crippen molar-refractivity contribution in [1.29, 1.82) is 0 Å². The zero-order valence-electron chi connectivity index (χ0n) is 12.4. The highest BCUT2D eigenvalue weighted by Crippen LogP contribution is 2.22. The van der Waals surface area contributed by atoms with E-state index >= 15 is 0 Å². The molecule has 106 valence electrons. The third-order valence-corrected chi connectivity index (χ3v) is 3.50. The third kappa shape index (κ3) is 4.54. The van der Waals surface area contributed by atoms with Crippen molar-refractivity contribution in [2.75, 3.05) is 19.0 Å². The summed E-state index contributed by atoms with van der Waals surface area (Å²) in [6.45, 7) is 9.94. The molecule has 0 aromatic heterocycles. The highest BCUT2D eigenvalue weighted by molar-refractivity contribution is 6.17. The summed E-state index contributed by atoms with van der Waals surface area (Å²) in [7, 11) is 0. The minimum absolute atomic E-state index is 0.0908. The molecule has 0 radical (unpaired) electrons. The lowest BCUT2D eigenvalue weighted by molar-refractivity contribution is 0.0765. The maximum absolute atomic E-state index is 12.3. The smallest absolute Gasteiger partial charge is 0.253 e. The average molecular weight is 282 g/mol. The van der Waals surface area contributed by atoms with Gasteiger partial charge in [0.25, 0.3) is 5.91 Å². The van der Waals surface area contributed by atoms with Gasteiger partial charge in [0, 0.05) is 24.5 Å². The number of halogens is 1. The summed E-state index contributed by atoms with van der Waals surface area (Å²) in [5.74, 6) is 0.681. The van der Waals surface area contributed by atoms with Crippen LogP contribution < -0.4 is 0 Å². The Bertz CT molecular complexity index is 406. The standard InChI is InChI=1S/C16H24ClNO/c1-5-18(12-6-11-17)15(19)13-7-9-14(10-8-13)16(2,3)4/h7-10H,5-6,11-12H2,1-4H3. The maximum Gasteiger partial charge on any atom is 0.253 e. The fourth-order valence-corrected chi connectivity index (χ4v) is 2.07. The van der Waals surface area contributed by atoms with Crippen molar-refractivity contribution in [1.82, 2.24) is 4.90 Å². The second-order valence-electron chi connectivity index (χ2n) is 5.75. The van der Waals surface area contributed by atoms with E-state index in [4.69, 9.17) is 11.6 Å². The lowest BCUT2D eigenvalue weighted by atomic mass is 9.86. The molecule has 1 aromatic carbocycles. The van der Waals surface area contributed by atoms with E-state index in [9.17, 15) is 4.79 Å². The molecule has 0 heterocycles. The third-order valence-electron chi connectivity index (χ3n) is 3.23. The lowest BCUT2D eigenvalue weighted by Gasteiger charge is -2.22. The summed E-state index contributed by atoms with van der Waals surface area (Å²) in [5, 5.41) is 0. The van der Waals surface area contributed by atoms with Crippen LogP contribution in [0.2, 0.25) is 0 Å². The molecule has 3 heteroatoms. The van der Waals surface area contributed by atoms with E-state index in [0.717, 1.165) is 25.1 Å². The molecule has 1 amide bonds. The van der Waals surface area contributed by atoms with Crippen molar-refractivity contribution in [3.8, 4) is 0 Å². The molecule has 0 spiro atoms. The molecule has 0 atom stereocenters. The van der Waals surface area contributed by atoms with Crippen LogP contribution in [-0.4, -0.2) is 29.8 Å². The minimum Gasteiger partial charge on any atom is -0.339 e.